The third-order valence-corrected chi connectivity index (χ3v) is 4.77. The van der Waals surface area contributed by atoms with Crippen molar-refractivity contribution < 1.29 is 7.38 Å². The van der Waals surface area contributed by atoms with Gasteiger partial charge in [-0.1, -0.05) is 29.4 Å². The maximum absolute atomic E-state index is 11.5. The van der Waals surface area contributed by atoms with E-state index in [0.29, 0.717) is 11.7 Å². The molecule has 2 heterocycles. The van der Waals surface area contributed by atoms with E-state index < -0.39 is 0 Å². The molecule has 0 aliphatic heterocycles. The van der Waals surface area contributed by atoms with E-state index in [-0.39, 0.29) is 8.54 Å². The highest BCUT2D eigenvalue weighted by Crippen LogP contribution is 2.40. The van der Waals surface area contributed by atoms with Crippen molar-refractivity contribution in [1.82, 2.24) is 20.1 Å². The second-order valence-electron chi connectivity index (χ2n) is 6.55. The summed E-state index contributed by atoms with van der Waals surface area (Å²) in [5, 5.41) is 4.16. The number of H-pyrrole nitrogens is 2. The van der Waals surface area contributed by atoms with Gasteiger partial charge in [0.25, 0.3) is 0 Å². The van der Waals surface area contributed by atoms with Gasteiger partial charge in [-0.2, -0.15) is 4.98 Å². The molecule has 6 nitrogen and oxygen atoms in total. The van der Waals surface area contributed by atoms with E-state index in [9.17, 15) is 4.79 Å². The molecule has 1 saturated carbocycles. The Balaban J connectivity index is 0.00000105. The molecule has 2 N–H and O–H groups in total. The summed E-state index contributed by atoms with van der Waals surface area (Å²) < 4.78 is 5.40. The Bertz CT molecular complexity index is 1160. The third-order valence-electron chi connectivity index (χ3n) is 4.77. The van der Waals surface area contributed by atoms with Crippen LogP contribution in [0.3, 0.4) is 0 Å². The number of imidazole rings is 1. The summed E-state index contributed by atoms with van der Waals surface area (Å²) in [6, 6.07) is 12.0. The number of nitrogens with zero attached hydrogens (tertiary/aromatic N) is 2. The minimum atomic E-state index is -0.197. The summed E-state index contributed by atoms with van der Waals surface area (Å²) >= 11 is 0. The van der Waals surface area contributed by atoms with Crippen molar-refractivity contribution in [2.75, 3.05) is 0 Å². The Hall–Kier alpha value is -3.15. The first-order valence-corrected chi connectivity index (χ1v) is 8.35. The van der Waals surface area contributed by atoms with E-state index in [0.717, 1.165) is 52.0 Å². The lowest BCUT2D eigenvalue weighted by molar-refractivity contribution is 0.380. The zero-order chi connectivity index (χ0) is 17.0. The van der Waals surface area contributed by atoms with E-state index >= 15 is 0 Å². The topological polar surface area (TPSA) is 87.6 Å². The predicted molar refractivity (Wildman–Crippen MR) is 98.6 cm³/mol. The lowest BCUT2D eigenvalue weighted by atomic mass is 9.96. The average molecular weight is 336 g/mol. The lowest BCUT2D eigenvalue weighted by Gasteiger charge is -2.09. The lowest BCUT2D eigenvalue weighted by Crippen LogP contribution is -1.99. The van der Waals surface area contributed by atoms with Crippen LogP contribution in [0.4, 0.5) is 0 Å². The van der Waals surface area contributed by atoms with Gasteiger partial charge in [0.15, 0.2) is 0 Å². The van der Waals surface area contributed by atoms with Crippen molar-refractivity contribution >= 4 is 11.0 Å². The van der Waals surface area contributed by atoms with Gasteiger partial charge >= 0.3 is 5.69 Å². The van der Waals surface area contributed by atoms with E-state index in [2.05, 4.69) is 33.1 Å². The first-order chi connectivity index (χ1) is 12.2. The second-order valence-corrected chi connectivity index (χ2v) is 6.55. The third kappa shape index (κ3) is 2.38. The van der Waals surface area contributed by atoms with Gasteiger partial charge in [-0.3, -0.25) is 0 Å². The SMILES string of the molecule is Cc1c(-c2ccc3[nH]c(=O)[nH]c3c2)cccc1-c1noc(C2CC2)n1.[HH].[HH]. The van der Waals surface area contributed by atoms with Crippen molar-refractivity contribution in [3.8, 4) is 22.5 Å². The van der Waals surface area contributed by atoms with Gasteiger partial charge in [0, 0.05) is 14.3 Å². The van der Waals surface area contributed by atoms with E-state index in [1.165, 1.54) is 0 Å². The molecule has 2 aromatic carbocycles. The summed E-state index contributed by atoms with van der Waals surface area (Å²) in [6.07, 6.45) is 2.27. The Morgan fingerprint density at radius 3 is 2.76 bits per heavy atom. The largest absolute Gasteiger partial charge is 0.339 e. The Morgan fingerprint density at radius 1 is 1.12 bits per heavy atom. The van der Waals surface area contributed by atoms with E-state index in [1.807, 2.05) is 30.3 Å². The van der Waals surface area contributed by atoms with Gasteiger partial charge in [-0.05, 0) is 48.6 Å². The van der Waals surface area contributed by atoms with Crippen LogP contribution in [0, 0.1) is 6.92 Å². The predicted octanol–water partition coefficient (Wildman–Crippen LogP) is 4.25. The molecular formula is C19H20N4O2. The molecule has 0 spiro atoms. The van der Waals surface area contributed by atoms with Gasteiger partial charge in [-0.15, -0.1) is 0 Å². The van der Waals surface area contributed by atoms with Crippen LogP contribution < -0.4 is 5.69 Å². The molecule has 0 amide bonds. The van der Waals surface area contributed by atoms with Crippen LogP contribution in [-0.4, -0.2) is 20.1 Å². The quantitative estimate of drug-likeness (QED) is 0.585. The fourth-order valence-corrected chi connectivity index (χ4v) is 3.23. The van der Waals surface area contributed by atoms with Crippen LogP contribution in [-0.2, 0) is 0 Å². The van der Waals surface area contributed by atoms with Gasteiger partial charge in [-0.25, -0.2) is 4.79 Å². The van der Waals surface area contributed by atoms with Crippen LogP contribution in [0.1, 0.15) is 33.1 Å². The summed E-state index contributed by atoms with van der Waals surface area (Å²) in [7, 11) is 0. The summed E-state index contributed by atoms with van der Waals surface area (Å²) in [5.74, 6) is 1.82. The monoisotopic (exact) mass is 336 g/mol. The van der Waals surface area contributed by atoms with Crippen molar-refractivity contribution in [3.05, 3.63) is 58.3 Å². The Labute approximate surface area is 145 Å². The average Bonchev–Trinajstić information content (AvgIpc) is 3.22. The second kappa shape index (κ2) is 5.17. The standard InChI is InChI=1S/C19H16N4O2.2H2/c1-10-13(12-7-8-15-16(9-12)21-19(24)20-15)3-2-4-14(10)17-22-18(25-23-17)11-5-6-11;;/h2-4,7-9,11H,5-6H2,1H3,(H2,20,21,24);2*1H. The maximum Gasteiger partial charge on any atom is 0.323 e. The number of hydrogen-bond donors (Lipinski definition) is 2. The Kier molecular flexibility index (Phi) is 2.94. The molecule has 1 aliphatic carbocycles. The number of aromatic nitrogens is 4. The van der Waals surface area contributed by atoms with E-state index in [4.69, 9.17) is 4.52 Å². The molecule has 25 heavy (non-hydrogen) atoms. The van der Waals surface area contributed by atoms with Crippen molar-refractivity contribution in [3.63, 3.8) is 0 Å². The number of rotatable bonds is 3. The normalized spacial score (nSPS) is 14.3. The van der Waals surface area contributed by atoms with Gasteiger partial charge in [0.05, 0.1) is 11.0 Å². The fourth-order valence-electron chi connectivity index (χ4n) is 3.23. The molecular weight excluding hydrogens is 316 g/mol. The first kappa shape index (κ1) is 14.2. The van der Waals surface area contributed by atoms with Crippen molar-refractivity contribution in [1.29, 1.82) is 0 Å². The molecule has 128 valence electrons. The zero-order valence-corrected chi connectivity index (χ0v) is 13.7. The van der Waals surface area contributed by atoms with Crippen LogP contribution in [0.2, 0.25) is 0 Å². The number of hydrogen-bond acceptors (Lipinski definition) is 4. The number of benzene rings is 2. The van der Waals surface area contributed by atoms with Gasteiger partial charge in [0.1, 0.15) is 0 Å². The van der Waals surface area contributed by atoms with Crippen LogP contribution in [0.25, 0.3) is 33.5 Å². The summed E-state index contributed by atoms with van der Waals surface area (Å²) in [4.78, 5) is 21.6. The highest BCUT2D eigenvalue weighted by atomic mass is 16.5. The highest BCUT2D eigenvalue weighted by Gasteiger charge is 2.30. The molecule has 0 bridgehead atoms. The number of fused-ring (bicyclic) bond motifs is 1. The van der Waals surface area contributed by atoms with Crippen LogP contribution in [0.15, 0.2) is 45.7 Å². The van der Waals surface area contributed by atoms with Gasteiger partial charge < -0.3 is 14.5 Å². The smallest absolute Gasteiger partial charge is 0.323 e. The molecule has 2 aromatic heterocycles. The fraction of sp³-hybridized carbons (Fsp3) is 0.211. The zero-order valence-electron chi connectivity index (χ0n) is 13.7. The summed E-state index contributed by atoms with van der Waals surface area (Å²) in [6.45, 7) is 2.06. The van der Waals surface area contributed by atoms with Gasteiger partial charge in [0.2, 0.25) is 11.7 Å². The minimum absolute atomic E-state index is 0. The molecule has 4 aromatic rings. The first-order valence-electron chi connectivity index (χ1n) is 8.35. The van der Waals surface area contributed by atoms with E-state index in [1.54, 1.807) is 0 Å². The van der Waals surface area contributed by atoms with Crippen molar-refractivity contribution in [2.24, 2.45) is 0 Å². The van der Waals surface area contributed by atoms with Crippen LogP contribution >= 0.6 is 0 Å². The highest BCUT2D eigenvalue weighted by molar-refractivity contribution is 5.84. The van der Waals surface area contributed by atoms with Crippen LogP contribution in [0.5, 0.6) is 0 Å². The molecule has 1 aliphatic rings. The number of nitrogens with one attached hydrogen (secondary N) is 2. The molecule has 5 rings (SSSR count). The summed E-state index contributed by atoms with van der Waals surface area (Å²) in [5.41, 5.74) is 5.57. The number of aromatic amines is 2. The van der Waals surface area contributed by atoms with Crippen molar-refractivity contribution in [2.45, 2.75) is 25.7 Å². The molecule has 1 fully saturated rings. The molecule has 0 unspecified atom stereocenters. The Morgan fingerprint density at radius 2 is 1.92 bits per heavy atom. The molecule has 0 saturated heterocycles. The molecule has 6 heteroatoms. The maximum atomic E-state index is 11.5. The molecule has 0 atom stereocenters. The minimum Gasteiger partial charge on any atom is -0.339 e. The molecule has 0 radical (unpaired) electrons.